The van der Waals surface area contributed by atoms with E-state index in [0.717, 1.165) is 23.4 Å². The maximum Gasteiger partial charge on any atom is 0.224 e. The van der Waals surface area contributed by atoms with Gasteiger partial charge >= 0.3 is 0 Å². The molecule has 0 fully saturated rings. The molecule has 0 aliphatic heterocycles. The van der Waals surface area contributed by atoms with Gasteiger partial charge in [0.25, 0.3) is 0 Å². The average molecular weight is 496 g/mol. The van der Waals surface area contributed by atoms with Crippen LogP contribution in [0.5, 0.6) is 5.75 Å². The van der Waals surface area contributed by atoms with E-state index in [9.17, 15) is 4.79 Å². The number of carbonyl (C=O) groups excluding carboxylic acids is 1. The number of hydrogen-bond donors (Lipinski definition) is 3. The number of nitrogens with one attached hydrogen (secondary N) is 3. The van der Waals surface area contributed by atoms with Gasteiger partial charge in [-0.2, -0.15) is 0 Å². The number of hydrogen-bond acceptors (Lipinski definition) is 3. The number of anilines is 1. The lowest BCUT2D eigenvalue weighted by molar-refractivity contribution is -0.116. The molecule has 2 aromatic carbocycles. The Morgan fingerprint density at radius 2 is 1.75 bits per heavy atom. The van der Waals surface area contributed by atoms with E-state index in [2.05, 4.69) is 20.9 Å². The van der Waals surface area contributed by atoms with Crippen LogP contribution in [0.2, 0.25) is 0 Å². The van der Waals surface area contributed by atoms with E-state index in [-0.39, 0.29) is 29.9 Å². The van der Waals surface area contributed by atoms with Crippen molar-refractivity contribution in [3.05, 3.63) is 60.2 Å². The zero-order valence-corrected chi connectivity index (χ0v) is 18.7. The van der Waals surface area contributed by atoms with Crippen LogP contribution in [0.25, 0.3) is 0 Å². The van der Waals surface area contributed by atoms with Gasteiger partial charge in [0.05, 0.1) is 6.54 Å². The summed E-state index contributed by atoms with van der Waals surface area (Å²) in [5, 5.41) is 9.36. The van der Waals surface area contributed by atoms with Crippen molar-refractivity contribution in [2.24, 2.45) is 4.99 Å². The molecule has 0 atom stereocenters. The van der Waals surface area contributed by atoms with E-state index in [1.54, 1.807) is 7.05 Å². The van der Waals surface area contributed by atoms with Crippen LogP contribution >= 0.6 is 24.0 Å². The quantitative estimate of drug-likeness (QED) is 0.214. The van der Waals surface area contributed by atoms with Crippen LogP contribution in [-0.4, -0.2) is 32.1 Å². The van der Waals surface area contributed by atoms with E-state index in [0.29, 0.717) is 32.1 Å². The Labute approximate surface area is 184 Å². The van der Waals surface area contributed by atoms with E-state index in [1.807, 2.05) is 61.5 Å². The van der Waals surface area contributed by atoms with Crippen molar-refractivity contribution in [2.45, 2.75) is 26.3 Å². The zero-order chi connectivity index (χ0) is 19.3. The topological polar surface area (TPSA) is 74.8 Å². The molecule has 6 nitrogen and oxygen atoms in total. The van der Waals surface area contributed by atoms with Crippen molar-refractivity contribution in [1.29, 1.82) is 0 Å². The van der Waals surface area contributed by atoms with Gasteiger partial charge in [0.15, 0.2) is 5.96 Å². The van der Waals surface area contributed by atoms with Gasteiger partial charge in [-0.3, -0.25) is 9.79 Å². The summed E-state index contributed by atoms with van der Waals surface area (Å²) in [6.45, 7) is 3.83. The first-order valence-electron chi connectivity index (χ1n) is 9.22. The van der Waals surface area contributed by atoms with Crippen molar-refractivity contribution >= 4 is 41.5 Å². The van der Waals surface area contributed by atoms with Gasteiger partial charge in [-0.1, -0.05) is 37.3 Å². The Kier molecular flexibility index (Phi) is 11.7. The molecule has 0 saturated heterocycles. The molecular weight excluding hydrogens is 467 g/mol. The second-order valence-electron chi connectivity index (χ2n) is 6.01. The summed E-state index contributed by atoms with van der Waals surface area (Å²) in [5.74, 6) is 1.62. The molecule has 0 aliphatic carbocycles. The number of rotatable bonds is 9. The molecule has 0 bridgehead atoms. The van der Waals surface area contributed by atoms with Crippen LogP contribution in [0.3, 0.4) is 0 Å². The van der Waals surface area contributed by atoms with Crippen LogP contribution in [-0.2, 0) is 11.3 Å². The number of guanidine groups is 1. The highest BCUT2D eigenvalue weighted by atomic mass is 127. The van der Waals surface area contributed by atoms with E-state index in [1.165, 1.54) is 0 Å². The lowest BCUT2D eigenvalue weighted by Crippen LogP contribution is -2.38. The summed E-state index contributed by atoms with van der Waals surface area (Å²) in [5.41, 5.74) is 1.92. The van der Waals surface area contributed by atoms with E-state index < -0.39 is 0 Å². The van der Waals surface area contributed by atoms with Gasteiger partial charge < -0.3 is 20.7 Å². The maximum atomic E-state index is 11.6. The number of benzene rings is 2. The lowest BCUT2D eigenvalue weighted by Gasteiger charge is -2.13. The molecule has 0 saturated carbocycles. The molecule has 2 aromatic rings. The van der Waals surface area contributed by atoms with Gasteiger partial charge in [-0.05, 0) is 36.2 Å². The molecule has 0 aliphatic rings. The molecule has 0 unspecified atom stereocenters. The third-order valence-corrected chi connectivity index (χ3v) is 3.80. The number of halogens is 1. The van der Waals surface area contributed by atoms with Gasteiger partial charge in [-0.25, -0.2) is 0 Å². The molecule has 0 aromatic heterocycles. The first-order chi connectivity index (χ1) is 13.2. The van der Waals surface area contributed by atoms with Crippen LogP contribution in [0.1, 0.15) is 25.3 Å². The van der Waals surface area contributed by atoms with Crippen molar-refractivity contribution in [1.82, 2.24) is 10.6 Å². The van der Waals surface area contributed by atoms with Crippen molar-refractivity contribution in [2.75, 3.05) is 25.5 Å². The number of amides is 1. The summed E-state index contributed by atoms with van der Waals surface area (Å²) >= 11 is 0. The van der Waals surface area contributed by atoms with Crippen LogP contribution in [0.15, 0.2) is 59.6 Å². The van der Waals surface area contributed by atoms with Crippen LogP contribution < -0.4 is 20.7 Å². The summed E-state index contributed by atoms with van der Waals surface area (Å²) in [7, 11) is 1.74. The largest absolute Gasteiger partial charge is 0.492 e. The lowest BCUT2D eigenvalue weighted by atomic mass is 10.2. The Bertz CT molecular complexity index is 721. The summed E-state index contributed by atoms with van der Waals surface area (Å²) < 4.78 is 5.65. The fourth-order valence-electron chi connectivity index (χ4n) is 2.42. The van der Waals surface area contributed by atoms with Crippen LogP contribution in [0.4, 0.5) is 5.69 Å². The highest BCUT2D eigenvalue weighted by Gasteiger charge is 2.02. The Hall–Kier alpha value is -2.29. The van der Waals surface area contributed by atoms with Gasteiger partial charge in [0.2, 0.25) is 5.91 Å². The summed E-state index contributed by atoms with van der Waals surface area (Å²) in [6, 6.07) is 17.5. The highest BCUT2D eigenvalue weighted by Crippen LogP contribution is 2.10. The average Bonchev–Trinajstić information content (AvgIpc) is 2.69. The van der Waals surface area contributed by atoms with Crippen molar-refractivity contribution in [3.8, 4) is 5.75 Å². The molecule has 152 valence electrons. The van der Waals surface area contributed by atoms with Gasteiger partial charge in [-0.15, -0.1) is 24.0 Å². The Balaban J connectivity index is 0.00000392. The maximum absolute atomic E-state index is 11.6. The third kappa shape index (κ3) is 9.07. The number of aliphatic imine (C=N–C) groups is 1. The predicted octanol–water partition coefficient (Wildman–Crippen LogP) is 3.79. The highest BCUT2D eigenvalue weighted by molar-refractivity contribution is 14.0. The molecule has 28 heavy (non-hydrogen) atoms. The van der Waals surface area contributed by atoms with Crippen molar-refractivity contribution in [3.63, 3.8) is 0 Å². The Morgan fingerprint density at radius 3 is 2.39 bits per heavy atom. The summed E-state index contributed by atoms with van der Waals surface area (Å²) in [6.07, 6.45) is 1.38. The molecule has 1 amide bonds. The Morgan fingerprint density at radius 1 is 1.04 bits per heavy atom. The van der Waals surface area contributed by atoms with Gasteiger partial charge in [0, 0.05) is 25.7 Å². The molecule has 3 N–H and O–H groups in total. The minimum absolute atomic E-state index is 0. The van der Waals surface area contributed by atoms with Crippen molar-refractivity contribution < 1.29 is 9.53 Å². The number of nitrogens with zero attached hydrogens (tertiary/aromatic N) is 1. The SMILES string of the molecule is CCCC(=O)Nc1ccc(CNC(=NC)NCCOc2ccccc2)cc1.I. The molecule has 2 rings (SSSR count). The number of para-hydroxylation sites is 1. The first-order valence-corrected chi connectivity index (χ1v) is 9.22. The molecular formula is C21H29IN4O2. The van der Waals surface area contributed by atoms with Gasteiger partial charge in [0.1, 0.15) is 12.4 Å². The fourth-order valence-corrected chi connectivity index (χ4v) is 2.42. The van der Waals surface area contributed by atoms with E-state index in [4.69, 9.17) is 4.74 Å². The minimum atomic E-state index is 0. The minimum Gasteiger partial charge on any atom is -0.492 e. The second-order valence-corrected chi connectivity index (χ2v) is 6.01. The molecule has 0 heterocycles. The third-order valence-electron chi connectivity index (χ3n) is 3.80. The molecule has 0 radical (unpaired) electrons. The normalized spacial score (nSPS) is 10.6. The monoisotopic (exact) mass is 496 g/mol. The van der Waals surface area contributed by atoms with E-state index >= 15 is 0 Å². The zero-order valence-electron chi connectivity index (χ0n) is 16.4. The second kappa shape index (κ2) is 13.8. The number of ether oxygens (including phenoxy) is 1. The molecule has 7 heteroatoms. The molecule has 0 spiro atoms. The van der Waals surface area contributed by atoms with Crippen LogP contribution in [0, 0.1) is 0 Å². The first kappa shape index (κ1) is 23.7. The predicted molar refractivity (Wildman–Crippen MR) is 126 cm³/mol. The standard InChI is InChI=1S/C21H28N4O2.HI/c1-3-7-20(26)25-18-12-10-17(11-13-18)16-24-21(22-2)23-14-15-27-19-8-5-4-6-9-19;/h4-6,8-13H,3,7,14-16H2,1-2H3,(H,25,26)(H2,22,23,24);1H. The summed E-state index contributed by atoms with van der Waals surface area (Å²) in [4.78, 5) is 15.8. The number of carbonyl (C=O) groups is 1. The smallest absolute Gasteiger partial charge is 0.224 e. The fraction of sp³-hybridized carbons (Fsp3) is 0.333.